The minimum absolute atomic E-state index is 0.0914. The Morgan fingerprint density at radius 1 is 0.895 bits per heavy atom. The molecule has 0 saturated carbocycles. The average molecular weight is 519 g/mol. The minimum atomic E-state index is -4.77. The Labute approximate surface area is 214 Å². The zero-order chi connectivity index (χ0) is 26.7. The Bertz CT molecular complexity index is 1600. The van der Waals surface area contributed by atoms with Gasteiger partial charge in [0, 0.05) is 11.6 Å². The molecular weight excluding hydrogens is 499 g/mol. The molecule has 0 fully saturated rings. The molecule has 0 radical (unpaired) electrons. The van der Waals surface area contributed by atoms with Gasteiger partial charge in [0.1, 0.15) is 12.4 Å². The number of anilines is 1. The van der Waals surface area contributed by atoms with Crippen LogP contribution in [0.25, 0.3) is 28.0 Å². The van der Waals surface area contributed by atoms with Crippen molar-refractivity contribution in [1.29, 1.82) is 0 Å². The van der Waals surface area contributed by atoms with Crippen LogP contribution in [0.4, 0.5) is 19.0 Å². The van der Waals surface area contributed by atoms with Gasteiger partial charge in [0.05, 0.1) is 22.4 Å². The lowest BCUT2D eigenvalue weighted by Gasteiger charge is -2.12. The van der Waals surface area contributed by atoms with Gasteiger partial charge in [0.15, 0.2) is 6.61 Å². The summed E-state index contributed by atoms with van der Waals surface area (Å²) < 4.78 is 47.7. The minimum Gasteiger partial charge on any atom is -0.454 e. The van der Waals surface area contributed by atoms with Gasteiger partial charge in [-0.05, 0) is 24.3 Å². The van der Waals surface area contributed by atoms with Gasteiger partial charge in [-0.25, -0.2) is 9.67 Å². The van der Waals surface area contributed by atoms with E-state index >= 15 is 0 Å². The summed E-state index contributed by atoms with van der Waals surface area (Å²) in [5, 5.41) is 7.25. The van der Waals surface area contributed by atoms with Gasteiger partial charge >= 0.3 is 12.1 Å². The van der Waals surface area contributed by atoms with Crippen molar-refractivity contribution in [1.82, 2.24) is 19.3 Å². The molecular formula is C27H20F3N5O3. The van der Waals surface area contributed by atoms with Crippen LogP contribution < -0.4 is 5.32 Å². The van der Waals surface area contributed by atoms with E-state index in [1.54, 1.807) is 18.2 Å². The van der Waals surface area contributed by atoms with Crippen molar-refractivity contribution in [2.45, 2.75) is 12.7 Å². The van der Waals surface area contributed by atoms with Gasteiger partial charge < -0.3 is 14.6 Å². The van der Waals surface area contributed by atoms with Crippen molar-refractivity contribution in [2.24, 2.45) is 0 Å². The number of aromatic nitrogens is 4. The van der Waals surface area contributed by atoms with Crippen LogP contribution >= 0.6 is 0 Å². The number of para-hydroxylation sites is 3. The van der Waals surface area contributed by atoms with Crippen molar-refractivity contribution in [3.05, 3.63) is 96.8 Å². The third-order valence-electron chi connectivity index (χ3n) is 5.61. The molecule has 0 bridgehead atoms. The molecule has 0 spiro atoms. The summed E-state index contributed by atoms with van der Waals surface area (Å²) in [6.45, 7) is -1.46. The van der Waals surface area contributed by atoms with Crippen molar-refractivity contribution in [3.8, 4) is 16.9 Å². The van der Waals surface area contributed by atoms with Crippen LogP contribution in [0.15, 0.2) is 91.0 Å². The number of rotatable bonds is 7. The van der Waals surface area contributed by atoms with E-state index in [-0.39, 0.29) is 11.0 Å². The Balaban J connectivity index is 1.31. The maximum absolute atomic E-state index is 13.5. The highest BCUT2D eigenvalue weighted by molar-refractivity contribution is 5.93. The lowest BCUT2D eigenvalue weighted by Crippen LogP contribution is -2.25. The van der Waals surface area contributed by atoms with Crippen LogP contribution in [0.5, 0.6) is 0 Å². The van der Waals surface area contributed by atoms with Crippen LogP contribution in [0, 0.1) is 0 Å². The van der Waals surface area contributed by atoms with Gasteiger partial charge in [-0.1, -0.05) is 60.7 Å². The first-order valence-corrected chi connectivity index (χ1v) is 11.5. The highest BCUT2D eigenvalue weighted by Crippen LogP contribution is 2.31. The van der Waals surface area contributed by atoms with Gasteiger partial charge in [0.2, 0.25) is 5.82 Å². The lowest BCUT2D eigenvalue weighted by molar-refractivity contribution is -0.152. The number of imidazole rings is 1. The Kier molecular flexibility index (Phi) is 6.65. The summed E-state index contributed by atoms with van der Waals surface area (Å²) in [4.78, 5) is 28.7. The number of nitrogens with one attached hydrogen (secondary N) is 1. The third-order valence-corrected chi connectivity index (χ3v) is 5.61. The number of carbonyl (C=O) groups excluding carboxylic acids is 2. The third kappa shape index (κ3) is 5.26. The van der Waals surface area contributed by atoms with Crippen molar-refractivity contribution in [2.75, 3.05) is 11.9 Å². The quantitative estimate of drug-likeness (QED) is 0.303. The smallest absolute Gasteiger partial charge is 0.449 e. The van der Waals surface area contributed by atoms with Crippen LogP contribution in [0.2, 0.25) is 0 Å². The number of benzene rings is 3. The molecule has 5 aromatic rings. The topological polar surface area (TPSA) is 91.0 Å². The fourth-order valence-electron chi connectivity index (χ4n) is 3.94. The number of hydrogen-bond acceptors (Lipinski definition) is 5. The normalized spacial score (nSPS) is 11.4. The van der Waals surface area contributed by atoms with E-state index < -0.39 is 37.0 Å². The molecule has 0 unspecified atom stereocenters. The molecule has 1 N–H and O–H groups in total. The first-order valence-electron chi connectivity index (χ1n) is 11.5. The molecule has 5 rings (SSSR count). The van der Waals surface area contributed by atoms with Crippen LogP contribution in [-0.2, 0) is 27.0 Å². The summed E-state index contributed by atoms with van der Waals surface area (Å²) in [5.41, 5.74) is 2.34. The van der Waals surface area contributed by atoms with E-state index in [2.05, 4.69) is 15.4 Å². The molecule has 38 heavy (non-hydrogen) atoms. The fraction of sp³-hybridized carbons (Fsp3) is 0.111. The number of alkyl halides is 3. The average Bonchev–Trinajstić information content (AvgIpc) is 3.50. The molecule has 0 atom stereocenters. The summed E-state index contributed by atoms with van der Waals surface area (Å²) in [6.07, 6.45) is -4.77. The summed E-state index contributed by atoms with van der Waals surface area (Å²) in [6, 6.07) is 26.1. The molecule has 0 aliphatic heterocycles. The number of halogens is 3. The SMILES string of the molecule is O=C(COC(=O)Cn1c(C(F)(F)F)nc2ccccc21)Nc1cc(-c2ccccc2)nn1-c1ccccc1. The Morgan fingerprint density at radius 3 is 2.26 bits per heavy atom. The highest BCUT2D eigenvalue weighted by Gasteiger charge is 2.38. The van der Waals surface area contributed by atoms with E-state index in [0.717, 1.165) is 10.1 Å². The van der Waals surface area contributed by atoms with E-state index in [1.807, 2.05) is 60.7 Å². The molecule has 2 heterocycles. The monoisotopic (exact) mass is 519 g/mol. The molecule has 2 aromatic heterocycles. The van der Waals surface area contributed by atoms with E-state index in [1.165, 1.54) is 16.8 Å². The molecule has 192 valence electrons. The molecule has 11 heteroatoms. The lowest BCUT2D eigenvalue weighted by atomic mass is 10.2. The number of nitrogens with zero attached hydrogens (tertiary/aromatic N) is 4. The number of esters is 1. The summed E-state index contributed by atoms with van der Waals surface area (Å²) in [5.74, 6) is -2.59. The van der Waals surface area contributed by atoms with Gasteiger partial charge in [-0.15, -0.1) is 0 Å². The predicted octanol–water partition coefficient (Wildman–Crippen LogP) is 5.09. The maximum atomic E-state index is 13.5. The molecule has 8 nitrogen and oxygen atoms in total. The second-order valence-electron chi connectivity index (χ2n) is 8.25. The summed E-state index contributed by atoms with van der Waals surface area (Å²) in [7, 11) is 0. The van der Waals surface area contributed by atoms with Crippen LogP contribution in [0.1, 0.15) is 5.82 Å². The Hall–Kier alpha value is -4.93. The molecule has 0 saturated heterocycles. The molecule has 1 amide bonds. The second kappa shape index (κ2) is 10.2. The second-order valence-corrected chi connectivity index (χ2v) is 8.25. The fourth-order valence-corrected chi connectivity index (χ4v) is 3.94. The van der Waals surface area contributed by atoms with E-state index in [0.29, 0.717) is 17.2 Å². The van der Waals surface area contributed by atoms with Crippen LogP contribution in [0.3, 0.4) is 0 Å². The van der Waals surface area contributed by atoms with Crippen molar-refractivity contribution >= 4 is 28.7 Å². The standard InChI is InChI=1S/C27H20F3N5O3/c28-27(29,30)26-31-20-13-7-8-14-22(20)34(26)16-25(37)38-17-24(36)32-23-15-21(18-9-3-1-4-10-18)33-35(23)19-11-5-2-6-12-19/h1-15H,16-17H2,(H,32,36). The van der Waals surface area contributed by atoms with E-state index in [4.69, 9.17) is 4.74 Å². The van der Waals surface area contributed by atoms with Crippen molar-refractivity contribution in [3.63, 3.8) is 0 Å². The largest absolute Gasteiger partial charge is 0.454 e. The van der Waals surface area contributed by atoms with Crippen molar-refractivity contribution < 1.29 is 27.5 Å². The zero-order valence-corrected chi connectivity index (χ0v) is 19.7. The number of amides is 1. The van der Waals surface area contributed by atoms with E-state index in [9.17, 15) is 22.8 Å². The predicted molar refractivity (Wildman–Crippen MR) is 133 cm³/mol. The number of fused-ring (bicyclic) bond motifs is 1. The first kappa shape index (κ1) is 24.8. The number of hydrogen-bond donors (Lipinski definition) is 1. The summed E-state index contributed by atoms with van der Waals surface area (Å²) >= 11 is 0. The van der Waals surface area contributed by atoms with Gasteiger partial charge in [0.25, 0.3) is 5.91 Å². The Morgan fingerprint density at radius 2 is 1.55 bits per heavy atom. The first-order chi connectivity index (χ1) is 18.3. The molecule has 3 aromatic carbocycles. The zero-order valence-electron chi connectivity index (χ0n) is 19.7. The maximum Gasteiger partial charge on any atom is 0.449 e. The molecule has 0 aliphatic rings. The van der Waals surface area contributed by atoms with Gasteiger partial charge in [-0.2, -0.15) is 18.3 Å². The number of carbonyl (C=O) groups is 2. The van der Waals surface area contributed by atoms with Gasteiger partial charge in [-0.3, -0.25) is 9.59 Å². The molecule has 0 aliphatic carbocycles. The highest BCUT2D eigenvalue weighted by atomic mass is 19.4. The van der Waals surface area contributed by atoms with Crippen LogP contribution in [-0.4, -0.2) is 37.8 Å². The number of ether oxygens (including phenoxy) is 1.